The number of rotatable bonds is 2. The Kier molecular flexibility index (Phi) is 2.84. The van der Waals surface area contributed by atoms with E-state index in [4.69, 9.17) is 0 Å². The number of aromatic amines is 2. The summed E-state index contributed by atoms with van der Waals surface area (Å²) in [6.07, 6.45) is 0. The second kappa shape index (κ2) is 5.09. The lowest BCUT2D eigenvalue weighted by Crippen LogP contribution is -2.23. The number of nitro benzene ring substituents is 1. The molecule has 1 unspecified atom stereocenters. The Balaban J connectivity index is 1.80. The van der Waals surface area contributed by atoms with Crippen molar-refractivity contribution in [1.29, 1.82) is 0 Å². The van der Waals surface area contributed by atoms with Gasteiger partial charge in [0.25, 0.3) is 11.6 Å². The van der Waals surface area contributed by atoms with E-state index in [1.807, 2.05) is 18.2 Å². The zero-order chi connectivity index (χ0) is 17.8. The highest BCUT2D eigenvalue weighted by Crippen LogP contribution is 2.35. The van der Waals surface area contributed by atoms with Crippen LogP contribution in [0.1, 0.15) is 17.0 Å². The maximum atomic E-state index is 12.7. The second-order valence-corrected chi connectivity index (χ2v) is 6.14. The largest absolute Gasteiger partial charge is 0.284 e. The summed E-state index contributed by atoms with van der Waals surface area (Å²) in [6.45, 7) is 0. The summed E-state index contributed by atoms with van der Waals surface area (Å²) in [4.78, 5) is 27.4. The molecule has 1 aliphatic rings. The molecule has 4 aromatic rings. The van der Waals surface area contributed by atoms with Crippen LogP contribution in [0.15, 0.2) is 53.5 Å². The van der Waals surface area contributed by atoms with Gasteiger partial charge in [-0.05, 0) is 29.3 Å². The van der Waals surface area contributed by atoms with Gasteiger partial charge in [-0.1, -0.05) is 18.2 Å². The maximum Gasteiger partial charge on any atom is 0.269 e. The van der Waals surface area contributed by atoms with Crippen LogP contribution >= 0.6 is 0 Å². The molecule has 8 nitrogen and oxygen atoms in total. The minimum Gasteiger partial charge on any atom is -0.284 e. The van der Waals surface area contributed by atoms with Crippen molar-refractivity contribution in [3.63, 3.8) is 0 Å². The van der Waals surface area contributed by atoms with E-state index in [9.17, 15) is 14.9 Å². The maximum absolute atomic E-state index is 12.7. The van der Waals surface area contributed by atoms with Crippen molar-refractivity contribution >= 4 is 33.4 Å². The first kappa shape index (κ1) is 14.5. The normalized spacial score (nSPS) is 16.0. The van der Waals surface area contributed by atoms with E-state index >= 15 is 0 Å². The van der Waals surface area contributed by atoms with Gasteiger partial charge in [-0.2, -0.15) is 5.10 Å². The molecule has 1 amide bonds. The topological polar surface area (TPSA) is 117 Å². The molecule has 1 aliphatic heterocycles. The Hall–Kier alpha value is -3.81. The lowest BCUT2D eigenvalue weighted by molar-refractivity contribution is -0.384. The third-order valence-corrected chi connectivity index (χ3v) is 4.74. The Labute approximate surface area is 145 Å². The van der Waals surface area contributed by atoms with Gasteiger partial charge < -0.3 is 0 Å². The fraction of sp³-hybridized carbons (Fsp3) is 0.0556. The first-order valence-electron chi connectivity index (χ1n) is 7.95. The molecule has 0 saturated carbocycles. The summed E-state index contributed by atoms with van der Waals surface area (Å²) in [5, 5.41) is 23.3. The predicted molar refractivity (Wildman–Crippen MR) is 93.5 cm³/mol. The van der Waals surface area contributed by atoms with Gasteiger partial charge in [0.1, 0.15) is 0 Å². The highest BCUT2D eigenvalue weighted by Gasteiger charge is 2.29. The number of nitro groups is 1. The first-order chi connectivity index (χ1) is 12.6. The van der Waals surface area contributed by atoms with E-state index in [-0.39, 0.29) is 11.6 Å². The average molecular weight is 345 g/mol. The van der Waals surface area contributed by atoms with E-state index in [2.05, 4.69) is 20.4 Å². The fourth-order valence-electron chi connectivity index (χ4n) is 3.59. The molecule has 0 fully saturated rings. The van der Waals surface area contributed by atoms with Crippen molar-refractivity contribution < 1.29 is 9.72 Å². The predicted octanol–water partition coefficient (Wildman–Crippen LogP) is 2.53. The van der Waals surface area contributed by atoms with Crippen LogP contribution in [0.4, 0.5) is 5.69 Å². The Morgan fingerprint density at radius 1 is 1.00 bits per heavy atom. The number of carbonyl (C=O) groups is 1. The summed E-state index contributed by atoms with van der Waals surface area (Å²) >= 11 is 0. The molecule has 1 aromatic heterocycles. The van der Waals surface area contributed by atoms with E-state index in [1.54, 1.807) is 18.2 Å². The van der Waals surface area contributed by atoms with Crippen LogP contribution in [0.25, 0.3) is 21.8 Å². The standard InChI is InChI=1S/C18H11N5O3/c24-18-15(9-1-3-10(4-2-9)23(25)26)11-5-6-13-17-14(21-22-20-13)8-7-12(19-18)16(11)17/h1-8,15,21-22H. The van der Waals surface area contributed by atoms with Crippen molar-refractivity contribution in [2.24, 2.45) is 4.99 Å². The molecular formula is C18H11N5O3. The second-order valence-electron chi connectivity index (χ2n) is 6.14. The molecule has 126 valence electrons. The van der Waals surface area contributed by atoms with Crippen LogP contribution in [0.3, 0.4) is 0 Å². The Bertz CT molecular complexity index is 1270. The van der Waals surface area contributed by atoms with Gasteiger partial charge in [0.05, 0.1) is 27.2 Å². The van der Waals surface area contributed by atoms with Crippen molar-refractivity contribution in [2.75, 3.05) is 0 Å². The summed E-state index contributed by atoms with van der Waals surface area (Å²) in [7, 11) is 0. The summed E-state index contributed by atoms with van der Waals surface area (Å²) < 4.78 is 0. The first-order valence-corrected chi connectivity index (χ1v) is 7.95. The number of amides is 1. The van der Waals surface area contributed by atoms with Crippen LogP contribution in [0.2, 0.25) is 0 Å². The number of aromatic nitrogens is 3. The zero-order valence-corrected chi connectivity index (χ0v) is 13.3. The number of hydrogen-bond acceptors (Lipinski definition) is 4. The highest BCUT2D eigenvalue weighted by atomic mass is 16.6. The third kappa shape index (κ3) is 1.92. The van der Waals surface area contributed by atoms with Gasteiger partial charge in [0.15, 0.2) is 0 Å². The number of nitrogens with zero attached hydrogens (tertiary/aromatic N) is 3. The minimum atomic E-state index is -0.595. The Morgan fingerprint density at radius 2 is 1.81 bits per heavy atom. The van der Waals surface area contributed by atoms with Crippen LogP contribution in [-0.4, -0.2) is 26.2 Å². The highest BCUT2D eigenvalue weighted by molar-refractivity contribution is 6.10. The SMILES string of the molecule is O=C1N=c2ccc3[nH][nH]nc4ccc(c2c43)C1c1ccc([N+](=O)[O-])cc1. The number of nitrogens with one attached hydrogen (secondary N) is 2. The number of hydrogen-bond donors (Lipinski definition) is 2. The third-order valence-electron chi connectivity index (χ3n) is 4.74. The van der Waals surface area contributed by atoms with Crippen molar-refractivity contribution in [3.05, 3.63) is 75.1 Å². The van der Waals surface area contributed by atoms with Crippen LogP contribution in [0, 0.1) is 10.1 Å². The van der Waals surface area contributed by atoms with E-state index in [0.29, 0.717) is 10.9 Å². The molecule has 2 heterocycles. The molecule has 8 heteroatoms. The van der Waals surface area contributed by atoms with Gasteiger partial charge >= 0.3 is 0 Å². The molecule has 26 heavy (non-hydrogen) atoms. The molecule has 3 aromatic carbocycles. The molecule has 2 N–H and O–H groups in total. The number of H-pyrrole nitrogens is 2. The summed E-state index contributed by atoms with van der Waals surface area (Å²) in [5.41, 5.74) is 3.12. The van der Waals surface area contributed by atoms with Crippen molar-refractivity contribution in [1.82, 2.24) is 15.4 Å². The molecule has 0 aliphatic carbocycles. The number of carbonyl (C=O) groups excluding carboxylic acids is 1. The summed E-state index contributed by atoms with van der Waals surface area (Å²) in [5.74, 6) is -0.879. The van der Waals surface area contributed by atoms with Crippen molar-refractivity contribution in [2.45, 2.75) is 5.92 Å². The molecule has 0 spiro atoms. The van der Waals surface area contributed by atoms with E-state index in [0.717, 1.165) is 27.4 Å². The fourth-order valence-corrected chi connectivity index (χ4v) is 3.59. The molecule has 0 bridgehead atoms. The van der Waals surface area contributed by atoms with Crippen LogP contribution in [-0.2, 0) is 4.79 Å². The monoisotopic (exact) mass is 345 g/mol. The van der Waals surface area contributed by atoms with Gasteiger partial charge in [0, 0.05) is 22.9 Å². The van der Waals surface area contributed by atoms with Crippen LogP contribution < -0.4 is 5.36 Å². The van der Waals surface area contributed by atoms with E-state index in [1.165, 1.54) is 12.1 Å². The quantitative estimate of drug-likeness (QED) is 0.429. The minimum absolute atomic E-state index is 0.0133. The smallest absolute Gasteiger partial charge is 0.269 e. The number of benzene rings is 3. The van der Waals surface area contributed by atoms with Gasteiger partial charge in [-0.3, -0.25) is 20.0 Å². The van der Waals surface area contributed by atoms with Crippen molar-refractivity contribution in [3.8, 4) is 0 Å². The molecule has 0 radical (unpaired) electrons. The van der Waals surface area contributed by atoms with Gasteiger partial charge in [0.2, 0.25) is 0 Å². The summed E-state index contributed by atoms with van der Waals surface area (Å²) in [6, 6.07) is 13.4. The zero-order valence-electron chi connectivity index (χ0n) is 13.3. The molecule has 5 rings (SSSR count). The van der Waals surface area contributed by atoms with Gasteiger partial charge in [-0.15, -0.1) is 0 Å². The van der Waals surface area contributed by atoms with Gasteiger partial charge in [-0.25, -0.2) is 10.2 Å². The number of non-ortho nitro benzene ring substituents is 1. The lowest BCUT2D eigenvalue weighted by atomic mass is 9.85. The molecular weight excluding hydrogens is 334 g/mol. The van der Waals surface area contributed by atoms with E-state index < -0.39 is 10.8 Å². The van der Waals surface area contributed by atoms with Crippen LogP contribution in [0.5, 0.6) is 0 Å². The lowest BCUT2D eigenvalue weighted by Gasteiger charge is -2.21. The Morgan fingerprint density at radius 3 is 2.58 bits per heavy atom. The molecule has 0 saturated heterocycles. The average Bonchev–Trinajstić information content (AvgIpc) is 2.66. The molecule has 1 atom stereocenters.